The van der Waals surface area contributed by atoms with Crippen molar-refractivity contribution in [3.63, 3.8) is 0 Å². The molecule has 0 fully saturated rings. The number of hydrogen-bond acceptors (Lipinski definition) is 5. The van der Waals surface area contributed by atoms with Crippen LogP contribution in [0.3, 0.4) is 0 Å². The van der Waals surface area contributed by atoms with Gasteiger partial charge in [0.2, 0.25) is 11.8 Å². The second-order valence-corrected chi connectivity index (χ2v) is 7.10. The van der Waals surface area contributed by atoms with Crippen LogP contribution in [0, 0.1) is 5.92 Å². The maximum atomic E-state index is 12.5. The van der Waals surface area contributed by atoms with Gasteiger partial charge >= 0.3 is 6.18 Å². The van der Waals surface area contributed by atoms with Crippen molar-refractivity contribution in [1.29, 1.82) is 0 Å². The molecule has 2 aromatic rings. The highest BCUT2D eigenvalue weighted by molar-refractivity contribution is 5.96. The first-order valence-corrected chi connectivity index (χ1v) is 9.26. The van der Waals surface area contributed by atoms with E-state index in [1.165, 1.54) is 36.7 Å². The Balaban J connectivity index is 1.97. The standard InChI is InChI=1S/C20H23F3N4O3/c1-12(2)8-17(28)27-16-9-14(6-7-24-16)19(29)26-13(3)15-4-5-18(25-10-15)30-11-20(21,22)23/h4-7,9-10,12-13H,8,11H2,1-3H3,(H,26,29)(H,24,27,28). The van der Waals surface area contributed by atoms with Crippen molar-refractivity contribution in [3.8, 4) is 5.88 Å². The first-order valence-electron chi connectivity index (χ1n) is 9.26. The fourth-order valence-electron chi connectivity index (χ4n) is 2.46. The number of aromatic nitrogens is 2. The molecule has 0 aliphatic rings. The molecule has 0 radical (unpaired) electrons. The minimum atomic E-state index is -4.45. The maximum Gasteiger partial charge on any atom is 0.422 e. The zero-order chi connectivity index (χ0) is 22.3. The van der Waals surface area contributed by atoms with E-state index in [1.807, 2.05) is 13.8 Å². The van der Waals surface area contributed by atoms with Gasteiger partial charge in [-0.2, -0.15) is 13.2 Å². The summed E-state index contributed by atoms with van der Waals surface area (Å²) in [5, 5.41) is 5.41. The number of amides is 2. The summed E-state index contributed by atoms with van der Waals surface area (Å²) in [5.41, 5.74) is 0.886. The molecule has 2 rings (SSSR count). The summed E-state index contributed by atoms with van der Waals surface area (Å²) in [6.07, 6.45) is -1.36. The van der Waals surface area contributed by atoms with Crippen LogP contribution >= 0.6 is 0 Å². The van der Waals surface area contributed by atoms with Gasteiger partial charge < -0.3 is 15.4 Å². The van der Waals surface area contributed by atoms with Crippen LogP contribution in [0.2, 0.25) is 0 Å². The lowest BCUT2D eigenvalue weighted by Crippen LogP contribution is -2.27. The van der Waals surface area contributed by atoms with Crippen LogP contribution in [-0.2, 0) is 4.79 Å². The van der Waals surface area contributed by atoms with Gasteiger partial charge in [-0.05, 0) is 30.5 Å². The lowest BCUT2D eigenvalue weighted by molar-refractivity contribution is -0.154. The highest BCUT2D eigenvalue weighted by Gasteiger charge is 2.28. The van der Waals surface area contributed by atoms with Gasteiger partial charge in [0.05, 0.1) is 6.04 Å². The Hall–Kier alpha value is -3.17. The summed E-state index contributed by atoms with van der Waals surface area (Å²) >= 11 is 0. The minimum Gasteiger partial charge on any atom is -0.468 e. The maximum absolute atomic E-state index is 12.5. The van der Waals surface area contributed by atoms with Crippen LogP contribution in [-0.4, -0.2) is 34.6 Å². The molecule has 0 saturated heterocycles. The Morgan fingerprint density at radius 2 is 1.87 bits per heavy atom. The van der Waals surface area contributed by atoms with Crippen LogP contribution in [0.15, 0.2) is 36.7 Å². The Kier molecular flexibility index (Phi) is 7.73. The number of halogens is 3. The quantitative estimate of drug-likeness (QED) is 0.671. The molecule has 2 aromatic heterocycles. The van der Waals surface area contributed by atoms with Gasteiger partial charge in [-0.15, -0.1) is 0 Å². The number of carbonyl (C=O) groups is 2. The number of alkyl halides is 3. The second-order valence-electron chi connectivity index (χ2n) is 7.10. The van der Waals surface area contributed by atoms with Crippen molar-refractivity contribution in [2.45, 2.75) is 39.4 Å². The monoisotopic (exact) mass is 424 g/mol. The highest BCUT2D eigenvalue weighted by Crippen LogP contribution is 2.19. The van der Waals surface area contributed by atoms with Crippen LogP contribution in [0.25, 0.3) is 0 Å². The molecular weight excluding hydrogens is 401 g/mol. The van der Waals surface area contributed by atoms with E-state index < -0.39 is 24.7 Å². The van der Waals surface area contributed by atoms with Crippen LogP contribution < -0.4 is 15.4 Å². The smallest absolute Gasteiger partial charge is 0.422 e. The van der Waals surface area contributed by atoms with E-state index in [1.54, 1.807) is 6.92 Å². The van der Waals surface area contributed by atoms with E-state index in [0.717, 1.165) is 0 Å². The summed E-state index contributed by atoms with van der Waals surface area (Å²) in [7, 11) is 0. The summed E-state index contributed by atoms with van der Waals surface area (Å²) in [4.78, 5) is 32.2. The van der Waals surface area contributed by atoms with Crippen LogP contribution in [0.1, 0.15) is 49.2 Å². The molecule has 0 aromatic carbocycles. The Bertz CT molecular complexity index is 870. The number of pyridine rings is 2. The molecule has 0 bridgehead atoms. The molecule has 162 valence electrons. The summed E-state index contributed by atoms with van der Waals surface area (Å²) in [5.74, 6) is -0.292. The van der Waals surface area contributed by atoms with Crippen molar-refractivity contribution in [3.05, 3.63) is 47.8 Å². The molecule has 2 N–H and O–H groups in total. The van der Waals surface area contributed by atoms with Crippen molar-refractivity contribution in [1.82, 2.24) is 15.3 Å². The zero-order valence-corrected chi connectivity index (χ0v) is 16.8. The number of anilines is 1. The second kappa shape index (κ2) is 10.0. The number of rotatable bonds is 8. The minimum absolute atomic E-state index is 0.162. The Labute approximate surface area is 172 Å². The van der Waals surface area contributed by atoms with E-state index >= 15 is 0 Å². The molecule has 30 heavy (non-hydrogen) atoms. The molecule has 2 heterocycles. The summed E-state index contributed by atoms with van der Waals surface area (Å²) < 4.78 is 41.1. The van der Waals surface area contributed by atoms with E-state index in [0.29, 0.717) is 17.5 Å². The van der Waals surface area contributed by atoms with E-state index in [4.69, 9.17) is 0 Å². The first kappa shape index (κ1) is 23.1. The molecule has 0 aliphatic carbocycles. The van der Waals surface area contributed by atoms with Crippen molar-refractivity contribution in [2.24, 2.45) is 5.92 Å². The van der Waals surface area contributed by atoms with E-state index in [-0.39, 0.29) is 23.5 Å². The fourth-order valence-corrected chi connectivity index (χ4v) is 2.46. The number of hydrogen-bond donors (Lipinski definition) is 2. The molecule has 2 amide bonds. The third-order valence-corrected chi connectivity index (χ3v) is 3.87. The van der Waals surface area contributed by atoms with Gasteiger partial charge in [0.15, 0.2) is 6.61 Å². The largest absolute Gasteiger partial charge is 0.468 e. The van der Waals surface area contributed by atoms with Gasteiger partial charge in [-0.1, -0.05) is 19.9 Å². The topological polar surface area (TPSA) is 93.2 Å². The molecule has 10 heteroatoms. The lowest BCUT2D eigenvalue weighted by Gasteiger charge is -2.15. The molecule has 1 unspecified atom stereocenters. The van der Waals surface area contributed by atoms with Crippen molar-refractivity contribution < 1.29 is 27.5 Å². The molecule has 0 saturated carbocycles. The fraction of sp³-hybridized carbons (Fsp3) is 0.400. The summed E-state index contributed by atoms with van der Waals surface area (Å²) in [6.45, 7) is 4.12. The zero-order valence-electron chi connectivity index (χ0n) is 16.8. The van der Waals surface area contributed by atoms with Crippen LogP contribution in [0.5, 0.6) is 5.88 Å². The third-order valence-electron chi connectivity index (χ3n) is 3.87. The Morgan fingerprint density at radius 1 is 1.13 bits per heavy atom. The molecule has 1 atom stereocenters. The third kappa shape index (κ3) is 7.69. The van der Waals surface area contributed by atoms with Gasteiger partial charge in [0, 0.05) is 30.4 Å². The lowest BCUT2D eigenvalue weighted by atomic mass is 10.1. The van der Waals surface area contributed by atoms with Crippen molar-refractivity contribution in [2.75, 3.05) is 11.9 Å². The van der Waals surface area contributed by atoms with E-state index in [2.05, 4.69) is 25.3 Å². The molecule has 0 spiro atoms. The van der Waals surface area contributed by atoms with Crippen LogP contribution in [0.4, 0.5) is 19.0 Å². The van der Waals surface area contributed by atoms with E-state index in [9.17, 15) is 22.8 Å². The average molecular weight is 424 g/mol. The molecule has 7 nitrogen and oxygen atoms in total. The Morgan fingerprint density at radius 3 is 2.47 bits per heavy atom. The summed E-state index contributed by atoms with van der Waals surface area (Å²) in [6, 6.07) is 5.33. The number of nitrogens with zero attached hydrogens (tertiary/aromatic N) is 2. The predicted molar refractivity (Wildman–Crippen MR) is 104 cm³/mol. The van der Waals surface area contributed by atoms with Gasteiger partial charge in [-0.25, -0.2) is 9.97 Å². The van der Waals surface area contributed by atoms with Crippen molar-refractivity contribution >= 4 is 17.6 Å². The molecular formula is C20H23F3N4O3. The average Bonchev–Trinajstić information content (AvgIpc) is 2.65. The number of nitrogens with one attached hydrogen (secondary N) is 2. The van der Waals surface area contributed by atoms with Gasteiger partial charge in [0.25, 0.3) is 5.91 Å². The number of carbonyl (C=O) groups excluding carboxylic acids is 2. The highest BCUT2D eigenvalue weighted by atomic mass is 19.4. The van der Waals surface area contributed by atoms with Gasteiger partial charge in [-0.3, -0.25) is 9.59 Å². The SMILES string of the molecule is CC(C)CC(=O)Nc1cc(C(=O)NC(C)c2ccc(OCC(F)(F)F)nc2)ccn1. The predicted octanol–water partition coefficient (Wildman–Crippen LogP) is 3.89. The number of ether oxygens (including phenoxy) is 1. The van der Waals surface area contributed by atoms with Gasteiger partial charge in [0.1, 0.15) is 5.82 Å². The normalized spacial score (nSPS) is 12.4. The molecule has 0 aliphatic heterocycles. The first-order chi connectivity index (χ1) is 14.0.